The molecule has 2 saturated carbocycles. The van der Waals surface area contributed by atoms with Gasteiger partial charge in [0.15, 0.2) is 0 Å². The molecule has 0 bridgehead atoms. The van der Waals surface area contributed by atoms with E-state index < -0.39 is 10.0 Å². The van der Waals surface area contributed by atoms with Crippen LogP contribution in [0.25, 0.3) is 0 Å². The Morgan fingerprint density at radius 3 is 2.50 bits per heavy atom. The number of hydrogen-bond donors (Lipinski definition) is 1. The number of sulfonamides is 1. The molecule has 1 aromatic heterocycles. The monoisotopic (exact) mass is 428 g/mol. The van der Waals surface area contributed by atoms with Crippen LogP contribution in [0.4, 0.5) is 5.69 Å². The van der Waals surface area contributed by atoms with Gasteiger partial charge in [0, 0.05) is 12.6 Å². The lowest BCUT2D eigenvalue weighted by Crippen LogP contribution is -2.40. The van der Waals surface area contributed by atoms with Crippen molar-refractivity contribution in [1.29, 1.82) is 0 Å². The summed E-state index contributed by atoms with van der Waals surface area (Å²) in [6, 6.07) is 7.88. The van der Waals surface area contributed by atoms with Gasteiger partial charge in [0.1, 0.15) is 11.4 Å². The van der Waals surface area contributed by atoms with Gasteiger partial charge in [-0.05, 0) is 69.4 Å². The van der Waals surface area contributed by atoms with E-state index in [2.05, 4.69) is 10.4 Å². The highest BCUT2D eigenvalue weighted by Crippen LogP contribution is 2.44. The number of para-hydroxylation sites is 1. The average Bonchev–Trinajstić information content (AvgIpc) is 3.62. The Morgan fingerprint density at radius 1 is 1.17 bits per heavy atom. The Balaban J connectivity index is 1.38. The molecule has 1 amide bonds. The fourth-order valence-corrected chi connectivity index (χ4v) is 6.66. The van der Waals surface area contributed by atoms with E-state index in [-0.39, 0.29) is 23.4 Å². The molecule has 1 aromatic carbocycles. The summed E-state index contributed by atoms with van der Waals surface area (Å²) in [6.07, 6.45) is 5.48. The summed E-state index contributed by atoms with van der Waals surface area (Å²) in [5.41, 5.74) is 2.72. The van der Waals surface area contributed by atoms with Crippen molar-refractivity contribution in [3.63, 3.8) is 0 Å². The van der Waals surface area contributed by atoms with Gasteiger partial charge < -0.3 is 5.32 Å². The molecule has 1 N–H and O–H groups in total. The predicted octanol–water partition coefficient (Wildman–Crippen LogP) is 2.56. The zero-order valence-corrected chi connectivity index (χ0v) is 18.3. The number of amides is 1. The fourth-order valence-electron chi connectivity index (χ4n) is 4.77. The van der Waals surface area contributed by atoms with E-state index in [0.29, 0.717) is 36.2 Å². The van der Waals surface area contributed by atoms with Crippen LogP contribution < -0.4 is 9.62 Å². The van der Waals surface area contributed by atoms with Crippen LogP contribution in [0.2, 0.25) is 0 Å². The van der Waals surface area contributed by atoms with E-state index in [1.165, 1.54) is 34.7 Å². The minimum atomic E-state index is -3.74. The second kappa shape index (κ2) is 7.11. The lowest BCUT2D eigenvalue weighted by atomic mass is 10.1. The van der Waals surface area contributed by atoms with Gasteiger partial charge in [0.05, 0.1) is 17.1 Å². The van der Waals surface area contributed by atoms with E-state index in [4.69, 9.17) is 0 Å². The third-order valence-electron chi connectivity index (χ3n) is 6.59. The smallest absolute Gasteiger partial charge is 0.268 e. The largest absolute Gasteiger partial charge is 0.351 e. The average molecular weight is 429 g/mol. The maximum absolute atomic E-state index is 13.5. The molecule has 0 unspecified atom stereocenters. The summed E-state index contributed by atoms with van der Waals surface area (Å²) < 4.78 is 30.0. The third kappa shape index (κ3) is 3.41. The molecule has 0 radical (unpaired) electrons. The maximum Gasteiger partial charge on any atom is 0.268 e. The zero-order chi connectivity index (χ0) is 21.0. The van der Waals surface area contributed by atoms with Crippen molar-refractivity contribution < 1.29 is 13.2 Å². The molecular formula is C22H28N4O3S. The first-order chi connectivity index (χ1) is 14.4. The van der Waals surface area contributed by atoms with Gasteiger partial charge in [-0.3, -0.25) is 13.8 Å². The Hall–Kier alpha value is -2.35. The van der Waals surface area contributed by atoms with Crippen LogP contribution in [0.15, 0.2) is 29.2 Å². The molecule has 5 rings (SSSR count). The molecule has 2 aliphatic carbocycles. The summed E-state index contributed by atoms with van der Waals surface area (Å²) in [7, 11) is -3.74. The lowest BCUT2D eigenvalue weighted by molar-refractivity contribution is -0.122. The third-order valence-corrected chi connectivity index (χ3v) is 8.65. The normalized spacial score (nSPS) is 18.7. The van der Waals surface area contributed by atoms with E-state index >= 15 is 0 Å². The summed E-state index contributed by atoms with van der Waals surface area (Å²) in [5, 5.41) is 7.61. The first-order valence-corrected chi connectivity index (χ1v) is 12.2. The van der Waals surface area contributed by atoms with Crippen molar-refractivity contribution in [2.24, 2.45) is 11.8 Å². The van der Waals surface area contributed by atoms with Crippen LogP contribution in [0.1, 0.15) is 42.6 Å². The number of hydrogen-bond acceptors (Lipinski definition) is 4. The molecule has 3 aliphatic rings. The SMILES string of the molecule is Cc1nn(CC(=O)NC(C2CC2)C2CC2)c(C)c1S(=O)(=O)N1CCc2ccccc21. The molecule has 30 heavy (non-hydrogen) atoms. The number of benzene rings is 1. The number of nitrogens with zero attached hydrogens (tertiary/aromatic N) is 3. The maximum atomic E-state index is 13.5. The molecule has 0 saturated heterocycles. The Morgan fingerprint density at radius 2 is 1.83 bits per heavy atom. The van der Waals surface area contributed by atoms with Crippen LogP contribution in [-0.4, -0.2) is 36.7 Å². The van der Waals surface area contributed by atoms with E-state index in [0.717, 1.165) is 11.3 Å². The topological polar surface area (TPSA) is 84.3 Å². The molecule has 8 heteroatoms. The predicted molar refractivity (Wildman–Crippen MR) is 114 cm³/mol. The second-order valence-corrected chi connectivity index (χ2v) is 10.7. The van der Waals surface area contributed by atoms with Crippen LogP contribution in [-0.2, 0) is 27.8 Å². The molecule has 2 heterocycles. The Bertz CT molecular complexity index is 1090. The number of aryl methyl sites for hydroxylation is 1. The zero-order valence-electron chi connectivity index (χ0n) is 17.5. The second-order valence-electron chi connectivity index (χ2n) is 8.88. The highest BCUT2D eigenvalue weighted by Gasteiger charge is 2.42. The van der Waals surface area contributed by atoms with Crippen LogP contribution >= 0.6 is 0 Å². The van der Waals surface area contributed by atoms with Crippen molar-refractivity contribution in [3.8, 4) is 0 Å². The van der Waals surface area contributed by atoms with Crippen LogP contribution in [0, 0.1) is 25.7 Å². The van der Waals surface area contributed by atoms with Crippen molar-refractivity contribution in [2.45, 2.75) is 63.4 Å². The minimum Gasteiger partial charge on any atom is -0.351 e. The molecule has 160 valence electrons. The summed E-state index contributed by atoms with van der Waals surface area (Å²) in [4.78, 5) is 12.9. The van der Waals surface area contributed by atoms with Crippen molar-refractivity contribution >= 4 is 21.6 Å². The number of aromatic nitrogens is 2. The first kappa shape index (κ1) is 19.6. The summed E-state index contributed by atoms with van der Waals surface area (Å²) >= 11 is 0. The number of fused-ring (bicyclic) bond motifs is 1. The lowest BCUT2D eigenvalue weighted by Gasteiger charge is -2.20. The van der Waals surface area contributed by atoms with Gasteiger partial charge in [-0.15, -0.1) is 0 Å². The van der Waals surface area contributed by atoms with E-state index in [9.17, 15) is 13.2 Å². The highest BCUT2D eigenvalue weighted by atomic mass is 32.2. The molecular weight excluding hydrogens is 400 g/mol. The van der Waals surface area contributed by atoms with E-state index in [1.807, 2.05) is 24.3 Å². The highest BCUT2D eigenvalue weighted by molar-refractivity contribution is 7.93. The molecule has 0 spiro atoms. The summed E-state index contributed by atoms with van der Waals surface area (Å²) in [5.74, 6) is 1.15. The van der Waals surface area contributed by atoms with Crippen molar-refractivity contribution in [1.82, 2.24) is 15.1 Å². The van der Waals surface area contributed by atoms with Gasteiger partial charge in [-0.2, -0.15) is 5.10 Å². The van der Waals surface area contributed by atoms with Crippen molar-refractivity contribution in [3.05, 3.63) is 41.2 Å². The number of nitrogens with one attached hydrogen (secondary N) is 1. The van der Waals surface area contributed by atoms with Gasteiger partial charge in [0.25, 0.3) is 10.0 Å². The van der Waals surface area contributed by atoms with Gasteiger partial charge in [-0.1, -0.05) is 18.2 Å². The first-order valence-electron chi connectivity index (χ1n) is 10.8. The molecule has 0 atom stereocenters. The van der Waals surface area contributed by atoms with Crippen molar-refractivity contribution in [2.75, 3.05) is 10.8 Å². The number of anilines is 1. The van der Waals surface area contributed by atoms with Crippen LogP contribution in [0.3, 0.4) is 0 Å². The van der Waals surface area contributed by atoms with Gasteiger partial charge in [0.2, 0.25) is 5.91 Å². The number of carbonyl (C=O) groups is 1. The van der Waals surface area contributed by atoms with Gasteiger partial charge in [-0.25, -0.2) is 8.42 Å². The number of carbonyl (C=O) groups excluding carboxylic acids is 1. The quantitative estimate of drug-likeness (QED) is 0.735. The molecule has 1 aliphatic heterocycles. The standard InChI is InChI=1S/C22H28N4O3S/c1-14-22(30(28,29)26-12-11-16-5-3-4-6-19(16)26)15(2)25(24-14)13-20(27)23-21(17-7-8-17)18-9-10-18/h3-6,17-18,21H,7-13H2,1-2H3,(H,23,27). The Kier molecular flexibility index (Phi) is 4.65. The van der Waals surface area contributed by atoms with Gasteiger partial charge >= 0.3 is 0 Å². The molecule has 7 nitrogen and oxygen atoms in total. The fraction of sp³-hybridized carbons (Fsp3) is 0.545. The minimum absolute atomic E-state index is 0.0503. The van der Waals surface area contributed by atoms with Crippen LogP contribution in [0.5, 0.6) is 0 Å². The molecule has 2 fully saturated rings. The molecule has 2 aromatic rings. The number of rotatable bonds is 7. The van der Waals surface area contributed by atoms with E-state index in [1.54, 1.807) is 13.8 Å². The summed E-state index contributed by atoms with van der Waals surface area (Å²) in [6.45, 7) is 3.92. The Labute approximate surface area is 177 Å².